The minimum absolute atomic E-state index is 0. The van der Waals surface area contributed by atoms with Crippen LogP contribution in [0.5, 0.6) is 0 Å². The summed E-state index contributed by atoms with van der Waals surface area (Å²) in [6, 6.07) is 9.93. The average molecular weight is 196 g/mol. The number of hydrogen-bond donors (Lipinski definition) is 1. The third kappa shape index (κ3) is 2.00. The number of benzene rings is 1. The molecular formula is C9H10ClN3. The van der Waals surface area contributed by atoms with Crippen molar-refractivity contribution in [3.8, 4) is 5.69 Å². The number of aromatic nitrogens is 2. The minimum Gasteiger partial charge on any atom is -0.382 e. The summed E-state index contributed by atoms with van der Waals surface area (Å²) in [5.74, 6) is 0.541. The van der Waals surface area contributed by atoms with Gasteiger partial charge in [-0.05, 0) is 12.1 Å². The van der Waals surface area contributed by atoms with E-state index in [0.29, 0.717) is 5.82 Å². The molecule has 0 aliphatic rings. The highest BCUT2D eigenvalue weighted by Crippen LogP contribution is 2.07. The summed E-state index contributed by atoms with van der Waals surface area (Å²) in [4.78, 5) is 3.93. The number of nitrogens with zero attached hydrogens (tertiary/aromatic N) is 2. The van der Waals surface area contributed by atoms with Gasteiger partial charge in [0.2, 0.25) is 0 Å². The van der Waals surface area contributed by atoms with Crippen LogP contribution in [0.15, 0.2) is 42.9 Å². The van der Waals surface area contributed by atoms with Crippen LogP contribution < -0.4 is 5.73 Å². The van der Waals surface area contributed by atoms with Crippen molar-refractivity contribution in [3.05, 3.63) is 42.9 Å². The van der Waals surface area contributed by atoms with Crippen molar-refractivity contribution in [2.75, 3.05) is 5.73 Å². The number of halogens is 1. The third-order valence-corrected chi connectivity index (χ3v) is 1.66. The second-order valence-electron chi connectivity index (χ2n) is 2.54. The third-order valence-electron chi connectivity index (χ3n) is 1.66. The Balaban J connectivity index is 0.000000845. The maximum absolute atomic E-state index is 5.48. The maximum Gasteiger partial charge on any atom is 0.141 e. The molecule has 0 fully saturated rings. The number of nitrogens with two attached hydrogens (primary N) is 1. The van der Waals surface area contributed by atoms with Crippen LogP contribution in [0.3, 0.4) is 0 Å². The standard InChI is InChI=1S/C9H9N3.ClH/c10-9-6-12(7-11-9)8-4-2-1-3-5-8;/h1-7H,10H2;1H. The fourth-order valence-electron chi connectivity index (χ4n) is 1.08. The van der Waals surface area contributed by atoms with Gasteiger partial charge in [0.1, 0.15) is 12.1 Å². The fourth-order valence-corrected chi connectivity index (χ4v) is 1.08. The molecule has 0 aliphatic carbocycles. The Hall–Kier alpha value is -1.48. The quantitative estimate of drug-likeness (QED) is 0.755. The lowest BCUT2D eigenvalue weighted by Gasteiger charge is -1.98. The van der Waals surface area contributed by atoms with Crippen LogP contribution in [-0.4, -0.2) is 9.55 Å². The lowest BCUT2D eigenvalue weighted by atomic mass is 10.3. The first-order valence-electron chi connectivity index (χ1n) is 3.71. The number of rotatable bonds is 1. The molecule has 0 spiro atoms. The van der Waals surface area contributed by atoms with Crippen LogP contribution in [0.4, 0.5) is 5.82 Å². The van der Waals surface area contributed by atoms with Crippen LogP contribution in [0.25, 0.3) is 5.69 Å². The Morgan fingerprint density at radius 2 is 1.85 bits per heavy atom. The molecule has 0 saturated carbocycles. The van der Waals surface area contributed by atoms with E-state index in [1.54, 1.807) is 12.5 Å². The van der Waals surface area contributed by atoms with Gasteiger partial charge in [0, 0.05) is 5.69 Å². The summed E-state index contributed by atoms with van der Waals surface area (Å²) in [7, 11) is 0. The van der Waals surface area contributed by atoms with Gasteiger partial charge in [-0.15, -0.1) is 12.4 Å². The van der Waals surface area contributed by atoms with Gasteiger partial charge in [-0.2, -0.15) is 0 Å². The SMILES string of the molecule is Cl.Nc1cn(-c2ccccc2)cn1. The van der Waals surface area contributed by atoms with E-state index in [-0.39, 0.29) is 12.4 Å². The Morgan fingerprint density at radius 3 is 2.38 bits per heavy atom. The largest absolute Gasteiger partial charge is 0.382 e. The van der Waals surface area contributed by atoms with Gasteiger partial charge >= 0.3 is 0 Å². The Labute approximate surface area is 82.6 Å². The highest BCUT2D eigenvalue weighted by molar-refractivity contribution is 5.85. The molecule has 68 valence electrons. The average Bonchev–Trinajstić information content (AvgIpc) is 2.54. The van der Waals surface area contributed by atoms with Crippen molar-refractivity contribution in [1.29, 1.82) is 0 Å². The molecule has 0 aliphatic heterocycles. The predicted molar refractivity (Wildman–Crippen MR) is 55.2 cm³/mol. The van der Waals surface area contributed by atoms with Crippen molar-refractivity contribution in [3.63, 3.8) is 0 Å². The van der Waals surface area contributed by atoms with E-state index in [4.69, 9.17) is 5.73 Å². The van der Waals surface area contributed by atoms with Gasteiger partial charge in [0.15, 0.2) is 0 Å². The zero-order chi connectivity index (χ0) is 8.39. The lowest BCUT2D eigenvalue weighted by molar-refractivity contribution is 1.06. The van der Waals surface area contributed by atoms with E-state index in [0.717, 1.165) is 5.69 Å². The fraction of sp³-hybridized carbons (Fsp3) is 0. The Bertz CT molecular complexity index is 369. The molecule has 0 atom stereocenters. The molecule has 4 heteroatoms. The highest BCUT2D eigenvalue weighted by atomic mass is 35.5. The molecule has 0 radical (unpaired) electrons. The van der Waals surface area contributed by atoms with Gasteiger partial charge in [0.05, 0.1) is 6.20 Å². The van der Waals surface area contributed by atoms with Crippen molar-refractivity contribution in [2.24, 2.45) is 0 Å². The van der Waals surface area contributed by atoms with Gasteiger partial charge in [0.25, 0.3) is 0 Å². The molecule has 1 aromatic carbocycles. The number of nitrogen functional groups attached to an aromatic ring is 1. The summed E-state index contributed by atoms with van der Waals surface area (Å²) in [5, 5.41) is 0. The molecule has 0 saturated heterocycles. The smallest absolute Gasteiger partial charge is 0.141 e. The molecule has 0 unspecified atom stereocenters. The zero-order valence-electron chi connectivity index (χ0n) is 6.92. The first kappa shape index (κ1) is 9.61. The molecule has 13 heavy (non-hydrogen) atoms. The van der Waals surface area contributed by atoms with Gasteiger partial charge in [-0.25, -0.2) is 4.98 Å². The van der Waals surface area contributed by atoms with Crippen LogP contribution in [0, 0.1) is 0 Å². The van der Waals surface area contributed by atoms with Crippen molar-refractivity contribution >= 4 is 18.2 Å². The van der Waals surface area contributed by atoms with E-state index < -0.39 is 0 Å². The van der Waals surface area contributed by atoms with E-state index >= 15 is 0 Å². The molecule has 2 N–H and O–H groups in total. The highest BCUT2D eigenvalue weighted by Gasteiger charge is 1.94. The number of para-hydroxylation sites is 1. The van der Waals surface area contributed by atoms with E-state index in [2.05, 4.69) is 4.98 Å². The maximum atomic E-state index is 5.48. The molecule has 1 aromatic heterocycles. The Kier molecular flexibility index (Phi) is 2.93. The number of hydrogen-bond acceptors (Lipinski definition) is 2. The first-order valence-corrected chi connectivity index (χ1v) is 3.71. The summed E-state index contributed by atoms with van der Waals surface area (Å²) >= 11 is 0. The molecule has 1 heterocycles. The second-order valence-corrected chi connectivity index (χ2v) is 2.54. The van der Waals surface area contributed by atoms with Crippen molar-refractivity contribution in [1.82, 2.24) is 9.55 Å². The van der Waals surface area contributed by atoms with Crippen LogP contribution in [0.2, 0.25) is 0 Å². The first-order chi connectivity index (χ1) is 5.86. The molecule has 2 rings (SSSR count). The Morgan fingerprint density at radius 1 is 1.15 bits per heavy atom. The molecular weight excluding hydrogens is 186 g/mol. The van der Waals surface area contributed by atoms with Crippen molar-refractivity contribution in [2.45, 2.75) is 0 Å². The molecule has 3 nitrogen and oxygen atoms in total. The van der Waals surface area contributed by atoms with Crippen LogP contribution in [0.1, 0.15) is 0 Å². The predicted octanol–water partition coefficient (Wildman–Crippen LogP) is 1.88. The van der Waals surface area contributed by atoms with E-state index in [9.17, 15) is 0 Å². The van der Waals surface area contributed by atoms with E-state index in [1.165, 1.54) is 0 Å². The lowest BCUT2D eigenvalue weighted by Crippen LogP contribution is -1.88. The second kappa shape index (κ2) is 3.96. The topological polar surface area (TPSA) is 43.8 Å². The summed E-state index contributed by atoms with van der Waals surface area (Å²) < 4.78 is 1.88. The van der Waals surface area contributed by atoms with Gasteiger partial charge < -0.3 is 10.3 Å². The van der Waals surface area contributed by atoms with Crippen LogP contribution >= 0.6 is 12.4 Å². The van der Waals surface area contributed by atoms with Crippen LogP contribution in [-0.2, 0) is 0 Å². The number of imidazole rings is 1. The monoisotopic (exact) mass is 195 g/mol. The van der Waals surface area contributed by atoms with E-state index in [1.807, 2.05) is 34.9 Å². The summed E-state index contributed by atoms with van der Waals surface area (Å²) in [5.41, 5.74) is 6.56. The molecule has 0 bridgehead atoms. The minimum atomic E-state index is 0. The summed E-state index contributed by atoms with van der Waals surface area (Å²) in [6.45, 7) is 0. The van der Waals surface area contributed by atoms with Gasteiger partial charge in [-0.1, -0.05) is 18.2 Å². The normalized spacial score (nSPS) is 9.23. The molecule has 0 amide bonds. The van der Waals surface area contributed by atoms with Gasteiger partial charge in [-0.3, -0.25) is 0 Å². The molecule has 2 aromatic rings. The number of anilines is 1. The zero-order valence-corrected chi connectivity index (χ0v) is 7.74. The summed E-state index contributed by atoms with van der Waals surface area (Å²) in [6.07, 6.45) is 3.49. The van der Waals surface area contributed by atoms with Crippen molar-refractivity contribution < 1.29 is 0 Å².